The second-order valence-corrected chi connectivity index (χ2v) is 6.74. The van der Waals surface area contributed by atoms with Crippen LogP contribution in [0.25, 0.3) is 0 Å². The molecule has 1 aliphatic heterocycles. The molecule has 130 valence electrons. The van der Waals surface area contributed by atoms with Gasteiger partial charge in [-0.05, 0) is 25.8 Å². The van der Waals surface area contributed by atoms with Crippen LogP contribution in [-0.4, -0.2) is 35.5 Å². The molecule has 2 rings (SSSR count). The first-order valence-corrected chi connectivity index (χ1v) is 8.78. The second-order valence-electron chi connectivity index (χ2n) is 5.58. The van der Waals surface area contributed by atoms with Gasteiger partial charge in [-0.1, -0.05) is 47.3 Å². The Morgan fingerprint density at radius 1 is 1.21 bits per heavy atom. The third kappa shape index (κ3) is 4.85. The molecule has 0 atom stereocenters. The Labute approximate surface area is 155 Å². The van der Waals surface area contributed by atoms with E-state index in [-0.39, 0.29) is 28.4 Å². The summed E-state index contributed by atoms with van der Waals surface area (Å²) in [6, 6.07) is 3.29. The second kappa shape index (κ2) is 8.70. The predicted molar refractivity (Wildman–Crippen MR) is 96.9 cm³/mol. The first-order chi connectivity index (χ1) is 11.4. The van der Waals surface area contributed by atoms with Crippen molar-refractivity contribution >= 4 is 52.3 Å². The molecule has 0 aliphatic carbocycles. The first-order valence-electron chi connectivity index (χ1n) is 7.65. The molecule has 1 aromatic rings. The van der Waals surface area contributed by atoms with Crippen LogP contribution >= 0.6 is 34.8 Å². The molecule has 0 spiro atoms. The first kappa shape index (κ1) is 19.0. The highest BCUT2D eigenvalue weighted by molar-refractivity contribution is 6.49. The van der Waals surface area contributed by atoms with Crippen LogP contribution in [-0.2, 0) is 9.59 Å². The molecule has 1 fully saturated rings. The van der Waals surface area contributed by atoms with Crippen molar-refractivity contribution in [3.05, 3.63) is 32.8 Å². The normalized spacial score (nSPS) is 16.1. The molecular formula is C16H18Cl3N3O2. The Morgan fingerprint density at radius 2 is 1.96 bits per heavy atom. The quantitative estimate of drug-likeness (QED) is 0.481. The van der Waals surface area contributed by atoms with Crippen LogP contribution in [0, 0.1) is 0 Å². The summed E-state index contributed by atoms with van der Waals surface area (Å²) in [5.41, 5.74) is 3.53. The SMILES string of the molecule is C/C(=N/NC(=O)CN1CCCCCC1=O)c1ccc(Cl)c(Cl)c1Cl. The maximum Gasteiger partial charge on any atom is 0.259 e. The lowest BCUT2D eigenvalue weighted by molar-refractivity contribution is -0.135. The molecule has 1 saturated heterocycles. The van der Waals surface area contributed by atoms with Gasteiger partial charge in [-0.25, -0.2) is 5.43 Å². The molecule has 0 aromatic heterocycles. The van der Waals surface area contributed by atoms with E-state index in [0.29, 0.717) is 29.3 Å². The number of hydrogen-bond donors (Lipinski definition) is 1. The minimum Gasteiger partial charge on any atom is -0.333 e. The molecule has 5 nitrogen and oxygen atoms in total. The van der Waals surface area contributed by atoms with E-state index in [1.54, 1.807) is 24.0 Å². The van der Waals surface area contributed by atoms with E-state index in [1.165, 1.54) is 0 Å². The van der Waals surface area contributed by atoms with Crippen LogP contribution in [0.3, 0.4) is 0 Å². The number of halogens is 3. The average Bonchev–Trinajstić information content (AvgIpc) is 2.75. The standard InChI is InChI=1S/C16H18Cl3N3O2/c1-10(11-6-7-12(17)16(19)15(11)18)20-21-13(23)9-22-8-4-2-3-5-14(22)24/h6-7H,2-5,8-9H2,1H3,(H,21,23)/b20-10-. The van der Waals surface area contributed by atoms with Crippen LogP contribution in [0.4, 0.5) is 0 Å². The summed E-state index contributed by atoms with van der Waals surface area (Å²) in [7, 11) is 0. The topological polar surface area (TPSA) is 61.8 Å². The Kier molecular flexibility index (Phi) is 6.90. The summed E-state index contributed by atoms with van der Waals surface area (Å²) in [6.07, 6.45) is 3.30. The smallest absolute Gasteiger partial charge is 0.259 e. The van der Waals surface area contributed by atoms with Crippen LogP contribution in [0.2, 0.25) is 15.1 Å². The van der Waals surface area contributed by atoms with Gasteiger partial charge in [0.15, 0.2) is 0 Å². The third-order valence-corrected chi connectivity index (χ3v) is 5.07. The fourth-order valence-corrected chi connectivity index (χ4v) is 3.10. The van der Waals surface area contributed by atoms with Crippen LogP contribution in [0.15, 0.2) is 17.2 Å². The van der Waals surface area contributed by atoms with E-state index >= 15 is 0 Å². The number of amides is 2. The maximum absolute atomic E-state index is 12.0. The fourth-order valence-electron chi connectivity index (χ4n) is 2.43. The molecule has 0 saturated carbocycles. The zero-order chi connectivity index (χ0) is 17.7. The van der Waals surface area contributed by atoms with Gasteiger partial charge in [-0.15, -0.1) is 0 Å². The molecule has 1 aromatic carbocycles. The number of nitrogens with zero attached hydrogens (tertiary/aromatic N) is 2. The molecule has 8 heteroatoms. The zero-order valence-electron chi connectivity index (χ0n) is 13.2. The van der Waals surface area contributed by atoms with Crippen molar-refractivity contribution in [1.82, 2.24) is 10.3 Å². The molecule has 1 heterocycles. The van der Waals surface area contributed by atoms with Gasteiger partial charge in [0.25, 0.3) is 5.91 Å². The Hall–Kier alpha value is -1.30. The lowest BCUT2D eigenvalue weighted by Crippen LogP contribution is -2.39. The van der Waals surface area contributed by atoms with E-state index in [2.05, 4.69) is 10.5 Å². The molecule has 0 unspecified atom stereocenters. The van der Waals surface area contributed by atoms with Crippen molar-refractivity contribution in [2.24, 2.45) is 5.10 Å². The van der Waals surface area contributed by atoms with Crippen LogP contribution < -0.4 is 5.43 Å². The van der Waals surface area contributed by atoms with E-state index in [1.807, 2.05) is 0 Å². The number of nitrogens with one attached hydrogen (secondary N) is 1. The lowest BCUT2D eigenvalue weighted by Gasteiger charge is -2.19. The maximum atomic E-state index is 12.0. The van der Waals surface area contributed by atoms with Crippen LogP contribution in [0.1, 0.15) is 38.2 Å². The predicted octanol–water partition coefficient (Wildman–Crippen LogP) is 3.89. The van der Waals surface area contributed by atoms with Gasteiger partial charge in [-0.3, -0.25) is 9.59 Å². The number of likely N-dealkylation sites (tertiary alicyclic amines) is 1. The highest BCUT2D eigenvalue weighted by atomic mass is 35.5. The van der Waals surface area contributed by atoms with Gasteiger partial charge in [0.1, 0.15) is 6.54 Å². The summed E-state index contributed by atoms with van der Waals surface area (Å²) in [5.74, 6) is -0.336. The Balaban J connectivity index is 2.00. The van der Waals surface area contributed by atoms with E-state index in [9.17, 15) is 9.59 Å². The van der Waals surface area contributed by atoms with E-state index < -0.39 is 0 Å². The van der Waals surface area contributed by atoms with Gasteiger partial charge in [-0.2, -0.15) is 5.10 Å². The number of hydrazone groups is 1. The molecular weight excluding hydrogens is 373 g/mol. The number of rotatable bonds is 4. The van der Waals surface area contributed by atoms with Crippen molar-refractivity contribution in [1.29, 1.82) is 0 Å². The Morgan fingerprint density at radius 3 is 2.71 bits per heavy atom. The number of hydrogen-bond acceptors (Lipinski definition) is 3. The van der Waals surface area contributed by atoms with Gasteiger partial charge < -0.3 is 4.90 Å². The van der Waals surface area contributed by atoms with Crippen molar-refractivity contribution in [2.45, 2.75) is 32.6 Å². The lowest BCUT2D eigenvalue weighted by atomic mass is 10.1. The molecule has 24 heavy (non-hydrogen) atoms. The molecule has 1 N–H and O–H groups in total. The zero-order valence-corrected chi connectivity index (χ0v) is 15.5. The summed E-state index contributed by atoms with van der Waals surface area (Å²) >= 11 is 18.0. The molecule has 2 amide bonds. The highest BCUT2D eigenvalue weighted by Crippen LogP contribution is 2.32. The minimum absolute atomic E-state index is 0.00468. The monoisotopic (exact) mass is 389 g/mol. The van der Waals surface area contributed by atoms with Crippen LogP contribution in [0.5, 0.6) is 0 Å². The average molecular weight is 391 g/mol. The van der Waals surface area contributed by atoms with Crippen molar-refractivity contribution in [2.75, 3.05) is 13.1 Å². The van der Waals surface area contributed by atoms with Gasteiger partial charge in [0, 0.05) is 18.5 Å². The van der Waals surface area contributed by atoms with Gasteiger partial charge in [0.05, 0.1) is 20.8 Å². The minimum atomic E-state index is -0.346. The molecule has 0 radical (unpaired) electrons. The van der Waals surface area contributed by atoms with Gasteiger partial charge >= 0.3 is 0 Å². The van der Waals surface area contributed by atoms with E-state index in [4.69, 9.17) is 34.8 Å². The summed E-state index contributed by atoms with van der Waals surface area (Å²) in [6.45, 7) is 2.31. The van der Waals surface area contributed by atoms with Gasteiger partial charge in [0.2, 0.25) is 5.91 Å². The van der Waals surface area contributed by atoms with Crippen molar-refractivity contribution < 1.29 is 9.59 Å². The van der Waals surface area contributed by atoms with E-state index in [0.717, 1.165) is 19.3 Å². The number of benzene rings is 1. The third-order valence-electron chi connectivity index (χ3n) is 3.78. The number of carbonyl (C=O) groups is 2. The Bertz CT molecular complexity index is 677. The fraction of sp³-hybridized carbons (Fsp3) is 0.438. The highest BCUT2D eigenvalue weighted by Gasteiger charge is 2.19. The summed E-state index contributed by atoms with van der Waals surface area (Å²) in [5, 5.41) is 4.90. The summed E-state index contributed by atoms with van der Waals surface area (Å²) < 4.78 is 0. The summed E-state index contributed by atoms with van der Waals surface area (Å²) in [4.78, 5) is 25.5. The number of carbonyl (C=O) groups excluding carboxylic acids is 2. The largest absolute Gasteiger partial charge is 0.333 e. The molecule has 0 bridgehead atoms. The molecule has 1 aliphatic rings. The van der Waals surface area contributed by atoms with Crippen molar-refractivity contribution in [3.8, 4) is 0 Å². The van der Waals surface area contributed by atoms with Crippen molar-refractivity contribution in [3.63, 3.8) is 0 Å².